The van der Waals surface area contributed by atoms with Crippen molar-refractivity contribution >= 4 is 38.9 Å². The van der Waals surface area contributed by atoms with Gasteiger partial charge in [-0.1, -0.05) is 128 Å². The number of aromatic nitrogens is 1. The molecule has 1 spiro atoms. The second-order valence-corrected chi connectivity index (χ2v) is 14.9. The van der Waals surface area contributed by atoms with Crippen LogP contribution in [0, 0.1) is 11.8 Å². The van der Waals surface area contributed by atoms with Crippen LogP contribution in [0.15, 0.2) is 170 Å². The molecule has 2 nitrogen and oxygen atoms in total. The molecule has 244 valence electrons. The third kappa shape index (κ3) is 4.17. The zero-order chi connectivity index (χ0) is 33.5. The standard InChI is InChI=1S/C49H38N2/c1-3-12-34(13-4-1)35-23-26-38(27-24-35)50(39-28-29-41-40-16-8-10-20-45(40)51(47(41)31-39)37-14-5-2-6-15-37)46-21-11-19-44-48(46)42-17-7-9-18-43(42)49(44)32-33-22-25-36(49)30-33/h1-21,23-24,26-29,31,33,36H,22,25,30,32H2/t33-,36+,49+/m0/s1. The minimum Gasteiger partial charge on any atom is -0.310 e. The lowest BCUT2D eigenvalue weighted by Crippen LogP contribution is -2.31. The molecule has 0 saturated heterocycles. The van der Waals surface area contributed by atoms with Crippen LogP contribution < -0.4 is 4.90 Å². The summed E-state index contributed by atoms with van der Waals surface area (Å²) in [5.41, 5.74) is 15.7. The highest BCUT2D eigenvalue weighted by Crippen LogP contribution is 2.67. The molecule has 0 unspecified atom stereocenters. The summed E-state index contributed by atoms with van der Waals surface area (Å²) in [6, 6.07) is 63.1. The summed E-state index contributed by atoms with van der Waals surface area (Å²) in [5, 5.41) is 2.54. The maximum atomic E-state index is 2.53. The van der Waals surface area contributed by atoms with Crippen molar-refractivity contribution in [3.05, 3.63) is 181 Å². The minimum atomic E-state index is 0.122. The van der Waals surface area contributed by atoms with Gasteiger partial charge in [0.25, 0.3) is 0 Å². The van der Waals surface area contributed by atoms with E-state index in [0.717, 1.165) is 23.2 Å². The molecule has 3 aliphatic rings. The first-order chi connectivity index (χ1) is 25.3. The van der Waals surface area contributed by atoms with E-state index in [1.165, 1.54) is 81.1 Å². The fourth-order valence-corrected chi connectivity index (χ4v) is 10.4. The zero-order valence-electron chi connectivity index (χ0n) is 28.5. The summed E-state index contributed by atoms with van der Waals surface area (Å²) in [6.07, 6.45) is 5.37. The largest absolute Gasteiger partial charge is 0.310 e. The van der Waals surface area contributed by atoms with Crippen molar-refractivity contribution in [1.29, 1.82) is 0 Å². The van der Waals surface area contributed by atoms with Crippen molar-refractivity contribution in [2.45, 2.75) is 31.1 Å². The van der Waals surface area contributed by atoms with Crippen molar-refractivity contribution in [2.24, 2.45) is 11.8 Å². The van der Waals surface area contributed by atoms with Crippen LogP contribution in [-0.4, -0.2) is 4.57 Å². The number of anilines is 3. The SMILES string of the molecule is c1ccc(-c2ccc(N(c3ccc4c5ccccc5n(-c5ccccc5)c4c3)c3cccc4c3-c3ccccc3[C@]43C[C@H]4CC[C@@H]3C4)cc2)cc1. The second-order valence-electron chi connectivity index (χ2n) is 14.9. The molecule has 8 aromatic rings. The van der Waals surface area contributed by atoms with Gasteiger partial charge in [0.1, 0.15) is 0 Å². The molecule has 2 heteroatoms. The molecular weight excluding hydrogens is 617 g/mol. The summed E-state index contributed by atoms with van der Waals surface area (Å²) in [4.78, 5) is 2.53. The summed E-state index contributed by atoms with van der Waals surface area (Å²) in [7, 11) is 0. The third-order valence-corrected chi connectivity index (χ3v) is 12.5. The fourth-order valence-electron chi connectivity index (χ4n) is 10.4. The molecule has 3 atom stereocenters. The molecule has 11 rings (SSSR count). The lowest BCUT2D eigenvalue weighted by molar-refractivity contribution is 0.327. The van der Waals surface area contributed by atoms with Gasteiger partial charge >= 0.3 is 0 Å². The van der Waals surface area contributed by atoms with Crippen LogP contribution in [0.25, 0.3) is 49.7 Å². The number of benzene rings is 7. The Morgan fingerprint density at radius 1 is 0.529 bits per heavy atom. The van der Waals surface area contributed by atoms with Crippen molar-refractivity contribution in [3.8, 4) is 27.9 Å². The maximum absolute atomic E-state index is 2.53. The fraction of sp³-hybridized carbons (Fsp3) is 0.143. The highest BCUT2D eigenvalue weighted by atomic mass is 15.1. The van der Waals surface area contributed by atoms with Crippen LogP contribution in [0.2, 0.25) is 0 Å². The van der Waals surface area contributed by atoms with Gasteiger partial charge in [0.2, 0.25) is 0 Å². The lowest BCUT2D eigenvalue weighted by Gasteiger charge is -2.37. The van der Waals surface area contributed by atoms with Crippen molar-refractivity contribution in [1.82, 2.24) is 4.57 Å². The van der Waals surface area contributed by atoms with Crippen molar-refractivity contribution < 1.29 is 0 Å². The van der Waals surface area contributed by atoms with E-state index in [2.05, 4.69) is 179 Å². The Kier molecular flexibility index (Phi) is 6.28. The molecule has 2 bridgehead atoms. The first-order valence-electron chi connectivity index (χ1n) is 18.6. The minimum absolute atomic E-state index is 0.122. The highest BCUT2D eigenvalue weighted by molar-refractivity contribution is 6.10. The Morgan fingerprint density at radius 3 is 2.02 bits per heavy atom. The monoisotopic (exact) mass is 654 g/mol. The van der Waals surface area contributed by atoms with E-state index in [0.29, 0.717) is 0 Å². The van der Waals surface area contributed by atoms with Gasteiger partial charge in [0, 0.05) is 38.8 Å². The van der Waals surface area contributed by atoms with Gasteiger partial charge < -0.3 is 9.47 Å². The van der Waals surface area contributed by atoms with Crippen LogP contribution in [0.5, 0.6) is 0 Å². The van der Waals surface area contributed by atoms with Gasteiger partial charge in [-0.3, -0.25) is 0 Å². The van der Waals surface area contributed by atoms with Crippen LogP contribution in [0.4, 0.5) is 17.1 Å². The lowest BCUT2D eigenvalue weighted by atomic mass is 9.67. The quantitative estimate of drug-likeness (QED) is 0.179. The van der Waals surface area contributed by atoms with Gasteiger partial charge in [-0.15, -0.1) is 0 Å². The van der Waals surface area contributed by atoms with Crippen LogP contribution in [0.3, 0.4) is 0 Å². The molecule has 7 aromatic carbocycles. The van der Waals surface area contributed by atoms with Gasteiger partial charge in [-0.2, -0.15) is 0 Å². The smallest absolute Gasteiger partial charge is 0.0561 e. The topological polar surface area (TPSA) is 8.17 Å². The van der Waals surface area contributed by atoms with E-state index in [4.69, 9.17) is 0 Å². The molecule has 1 heterocycles. The highest BCUT2D eigenvalue weighted by Gasteiger charge is 2.57. The molecular formula is C49H38N2. The summed E-state index contributed by atoms with van der Waals surface area (Å²) < 4.78 is 2.43. The third-order valence-electron chi connectivity index (χ3n) is 12.5. The number of para-hydroxylation sites is 2. The molecule has 0 aliphatic heterocycles. The Bertz CT molecular complexity index is 2600. The summed E-state index contributed by atoms with van der Waals surface area (Å²) in [6.45, 7) is 0. The van der Waals surface area contributed by atoms with E-state index in [9.17, 15) is 0 Å². The van der Waals surface area contributed by atoms with Crippen molar-refractivity contribution in [2.75, 3.05) is 4.90 Å². The average molecular weight is 655 g/mol. The first kappa shape index (κ1) is 28.9. The molecule has 0 N–H and O–H groups in total. The van der Waals surface area contributed by atoms with E-state index in [1.54, 1.807) is 11.1 Å². The Hall–Kier alpha value is -5.86. The molecule has 1 aromatic heterocycles. The van der Waals surface area contributed by atoms with E-state index in [1.807, 2.05) is 0 Å². The van der Waals surface area contributed by atoms with Gasteiger partial charge in [-0.25, -0.2) is 0 Å². The first-order valence-corrected chi connectivity index (χ1v) is 18.6. The average Bonchev–Trinajstić information content (AvgIpc) is 3.97. The zero-order valence-corrected chi connectivity index (χ0v) is 28.5. The summed E-state index contributed by atoms with van der Waals surface area (Å²) >= 11 is 0. The molecule has 2 saturated carbocycles. The normalized spacial score (nSPS) is 19.9. The Morgan fingerprint density at radius 2 is 1.22 bits per heavy atom. The summed E-state index contributed by atoms with van der Waals surface area (Å²) in [5.74, 6) is 1.55. The van der Waals surface area contributed by atoms with Crippen LogP contribution in [-0.2, 0) is 5.41 Å². The molecule has 0 amide bonds. The predicted octanol–water partition coefficient (Wildman–Crippen LogP) is 13.0. The molecule has 51 heavy (non-hydrogen) atoms. The van der Waals surface area contributed by atoms with E-state index >= 15 is 0 Å². The molecule has 0 radical (unpaired) electrons. The number of rotatable bonds is 5. The number of fused-ring (bicyclic) bond motifs is 11. The van der Waals surface area contributed by atoms with Crippen LogP contribution in [0.1, 0.15) is 36.8 Å². The Balaban J connectivity index is 1.17. The second kappa shape index (κ2) is 11.1. The predicted molar refractivity (Wildman–Crippen MR) is 213 cm³/mol. The van der Waals surface area contributed by atoms with Crippen molar-refractivity contribution in [3.63, 3.8) is 0 Å². The van der Waals surface area contributed by atoms with Gasteiger partial charge in [0.05, 0.1) is 16.7 Å². The van der Waals surface area contributed by atoms with Gasteiger partial charge in [0.15, 0.2) is 0 Å². The number of hydrogen-bond donors (Lipinski definition) is 0. The molecule has 3 aliphatic carbocycles. The van der Waals surface area contributed by atoms with E-state index < -0.39 is 0 Å². The molecule has 2 fully saturated rings. The Labute approximate surface area is 299 Å². The number of hydrogen-bond acceptors (Lipinski definition) is 1. The maximum Gasteiger partial charge on any atom is 0.0561 e. The number of nitrogens with zero attached hydrogens (tertiary/aromatic N) is 2. The van der Waals surface area contributed by atoms with Gasteiger partial charge in [-0.05, 0) is 107 Å². The van der Waals surface area contributed by atoms with Crippen LogP contribution >= 0.6 is 0 Å². The van der Waals surface area contributed by atoms with E-state index in [-0.39, 0.29) is 5.41 Å².